The maximum Gasteiger partial charge on any atom is 0.266 e. The normalized spacial score (nSPS) is 14.7. The van der Waals surface area contributed by atoms with Crippen molar-refractivity contribution < 1.29 is 17.6 Å². The van der Waals surface area contributed by atoms with Crippen LogP contribution in [0.2, 0.25) is 0 Å². The summed E-state index contributed by atoms with van der Waals surface area (Å²) < 4.78 is 60.0. The standard InChI is InChI=1S/C21H17F4N5/c1-9-28-29-20-21(2,3)27-14-8-13(23)15(16(19(24)25)18(14)30(9)20)10-4-5-12(22)17-11(10)6-7-26-17/h4-8,19,26-27H,1-3H3. The number of aryl methyl sites for hydroxylation is 1. The second-order valence-corrected chi connectivity index (χ2v) is 7.86. The molecule has 1 aliphatic rings. The van der Waals surface area contributed by atoms with Crippen LogP contribution in [0.1, 0.15) is 37.5 Å². The number of aromatic nitrogens is 4. The van der Waals surface area contributed by atoms with Crippen molar-refractivity contribution in [3.05, 3.63) is 59.3 Å². The Morgan fingerprint density at radius 2 is 1.83 bits per heavy atom. The Hall–Kier alpha value is -3.36. The molecule has 0 aliphatic carbocycles. The van der Waals surface area contributed by atoms with E-state index < -0.39 is 29.2 Å². The lowest BCUT2D eigenvalue weighted by molar-refractivity contribution is 0.151. The second kappa shape index (κ2) is 6.07. The minimum absolute atomic E-state index is 0.103. The van der Waals surface area contributed by atoms with Crippen LogP contribution >= 0.6 is 0 Å². The SMILES string of the molecule is Cc1nnc2n1-c1c(cc(F)c(-c3ccc(F)c4[nH]ccc34)c1C(F)F)NC2(C)C. The van der Waals surface area contributed by atoms with E-state index in [4.69, 9.17) is 0 Å². The van der Waals surface area contributed by atoms with Crippen molar-refractivity contribution in [1.29, 1.82) is 0 Å². The molecule has 5 rings (SSSR count). The minimum Gasteiger partial charge on any atom is -0.371 e. The third-order valence-electron chi connectivity index (χ3n) is 5.50. The van der Waals surface area contributed by atoms with Gasteiger partial charge in [0.25, 0.3) is 6.43 Å². The van der Waals surface area contributed by atoms with Gasteiger partial charge in [-0.05, 0) is 44.5 Å². The van der Waals surface area contributed by atoms with Crippen molar-refractivity contribution >= 4 is 16.6 Å². The zero-order chi connectivity index (χ0) is 21.4. The maximum atomic E-state index is 15.4. The Kier molecular flexibility index (Phi) is 3.77. The largest absolute Gasteiger partial charge is 0.371 e. The molecule has 0 bridgehead atoms. The van der Waals surface area contributed by atoms with Gasteiger partial charge in [-0.25, -0.2) is 17.6 Å². The van der Waals surface area contributed by atoms with Crippen LogP contribution in [0.25, 0.3) is 27.7 Å². The van der Waals surface area contributed by atoms with Crippen molar-refractivity contribution in [3.63, 3.8) is 0 Å². The Balaban J connectivity index is 1.92. The number of nitrogens with one attached hydrogen (secondary N) is 2. The summed E-state index contributed by atoms with van der Waals surface area (Å²) in [5.74, 6) is -0.518. The molecule has 0 radical (unpaired) electrons. The zero-order valence-electron chi connectivity index (χ0n) is 16.3. The molecule has 9 heteroatoms. The molecule has 154 valence electrons. The molecule has 1 aliphatic heterocycles. The maximum absolute atomic E-state index is 15.4. The summed E-state index contributed by atoms with van der Waals surface area (Å²) in [5, 5.41) is 11.6. The predicted octanol–water partition coefficient (Wildman–Crippen LogP) is 5.60. The van der Waals surface area contributed by atoms with Gasteiger partial charge >= 0.3 is 0 Å². The average Bonchev–Trinajstić information content (AvgIpc) is 3.30. The van der Waals surface area contributed by atoms with Crippen LogP contribution in [0.3, 0.4) is 0 Å². The number of alkyl halides is 2. The first-order chi connectivity index (χ1) is 14.2. The highest BCUT2D eigenvalue weighted by molar-refractivity contribution is 5.98. The molecule has 2 aromatic carbocycles. The van der Waals surface area contributed by atoms with E-state index in [1.807, 2.05) is 13.8 Å². The number of hydrogen-bond acceptors (Lipinski definition) is 3. The summed E-state index contributed by atoms with van der Waals surface area (Å²) in [6.07, 6.45) is -1.51. The van der Waals surface area contributed by atoms with Crippen LogP contribution in [-0.2, 0) is 5.54 Å². The summed E-state index contributed by atoms with van der Waals surface area (Å²) in [6, 6.07) is 5.20. The monoisotopic (exact) mass is 415 g/mol. The van der Waals surface area contributed by atoms with Crippen LogP contribution in [0.15, 0.2) is 30.5 Å². The number of aromatic amines is 1. The van der Waals surface area contributed by atoms with Crippen molar-refractivity contribution in [2.75, 3.05) is 5.32 Å². The van der Waals surface area contributed by atoms with Crippen LogP contribution in [0.4, 0.5) is 23.2 Å². The number of H-pyrrole nitrogens is 1. The van der Waals surface area contributed by atoms with Crippen molar-refractivity contribution in [2.24, 2.45) is 0 Å². The molecule has 0 unspecified atom stereocenters. The summed E-state index contributed by atoms with van der Waals surface area (Å²) in [6.45, 7) is 5.28. The van der Waals surface area contributed by atoms with Crippen LogP contribution in [0, 0.1) is 18.6 Å². The van der Waals surface area contributed by atoms with Gasteiger partial charge in [0.05, 0.1) is 28.0 Å². The van der Waals surface area contributed by atoms with E-state index in [9.17, 15) is 13.2 Å². The van der Waals surface area contributed by atoms with Crippen LogP contribution in [0.5, 0.6) is 0 Å². The van der Waals surface area contributed by atoms with E-state index in [0.717, 1.165) is 6.07 Å². The summed E-state index contributed by atoms with van der Waals surface area (Å²) in [7, 11) is 0. The zero-order valence-corrected chi connectivity index (χ0v) is 16.3. The fourth-order valence-electron chi connectivity index (χ4n) is 4.25. The number of halogens is 4. The summed E-state index contributed by atoms with van der Waals surface area (Å²) in [4.78, 5) is 2.74. The minimum atomic E-state index is -3.00. The first kappa shape index (κ1) is 18.7. The number of rotatable bonds is 2. The van der Waals surface area contributed by atoms with Gasteiger partial charge in [-0.3, -0.25) is 4.57 Å². The molecule has 5 nitrogen and oxygen atoms in total. The molecular weight excluding hydrogens is 398 g/mol. The quantitative estimate of drug-likeness (QED) is 0.419. The van der Waals surface area contributed by atoms with Gasteiger partial charge in [0.15, 0.2) is 5.82 Å². The Labute approximate surface area is 168 Å². The van der Waals surface area contributed by atoms with E-state index in [0.29, 0.717) is 17.0 Å². The molecule has 2 aromatic heterocycles. The third-order valence-corrected chi connectivity index (χ3v) is 5.50. The molecule has 4 aromatic rings. The van der Waals surface area contributed by atoms with E-state index in [2.05, 4.69) is 20.5 Å². The highest BCUT2D eigenvalue weighted by Crippen LogP contribution is 2.47. The van der Waals surface area contributed by atoms with E-state index in [1.54, 1.807) is 13.0 Å². The van der Waals surface area contributed by atoms with E-state index in [1.165, 1.54) is 22.9 Å². The van der Waals surface area contributed by atoms with Gasteiger partial charge in [-0.15, -0.1) is 10.2 Å². The van der Waals surface area contributed by atoms with E-state index >= 15 is 4.39 Å². The molecule has 0 saturated carbocycles. The average molecular weight is 415 g/mol. The summed E-state index contributed by atoms with van der Waals surface area (Å²) >= 11 is 0. The molecule has 0 atom stereocenters. The molecular formula is C21H17F4N5. The number of nitrogens with zero attached hydrogens (tertiary/aromatic N) is 3. The number of fused-ring (bicyclic) bond motifs is 4. The molecule has 0 fully saturated rings. The molecule has 3 heterocycles. The second-order valence-electron chi connectivity index (χ2n) is 7.86. The van der Waals surface area contributed by atoms with Crippen molar-refractivity contribution in [3.8, 4) is 16.8 Å². The molecule has 2 N–H and O–H groups in total. The predicted molar refractivity (Wildman–Crippen MR) is 105 cm³/mol. The van der Waals surface area contributed by atoms with E-state index in [-0.39, 0.29) is 28.0 Å². The number of benzene rings is 2. The van der Waals surface area contributed by atoms with Gasteiger partial charge in [0.2, 0.25) is 0 Å². The lowest BCUT2D eigenvalue weighted by atomic mass is 9.91. The van der Waals surface area contributed by atoms with Crippen LogP contribution in [-0.4, -0.2) is 19.7 Å². The highest BCUT2D eigenvalue weighted by Gasteiger charge is 2.38. The number of hydrogen-bond donors (Lipinski definition) is 2. The van der Waals surface area contributed by atoms with Crippen molar-refractivity contribution in [1.82, 2.24) is 19.7 Å². The molecule has 0 spiro atoms. The summed E-state index contributed by atoms with van der Waals surface area (Å²) in [5.41, 5.74) is -0.873. The molecule has 0 amide bonds. The van der Waals surface area contributed by atoms with Crippen LogP contribution < -0.4 is 5.32 Å². The topological polar surface area (TPSA) is 58.5 Å². The van der Waals surface area contributed by atoms with Gasteiger partial charge in [0.1, 0.15) is 17.5 Å². The fraction of sp³-hybridized carbons (Fsp3) is 0.238. The fourth-order valence-corrected chi connectivity index (χ4v) is 4.25. The highest BCUT2D eigenvalue weighted by atomic mass is 19.3. The molecule has 30 heavy (non-hydrogen) atoms. The molecule has 0 saturated heterocycles. The Morgan fingerprint density at radius 1 is 1.07 bits per heavy atom. The first-order valence-corrected chi connectivity index (χ1v) is 9.32. The lowest BCUT2D eigenvalue weighted by Crippen LogP contribution is -2.36. The lowest BCUT2D eigenvalue weighted by Gasteiger charge is -2.35. The van der Waals surface area contributed by atoms with Gasteiger partial charge in [-0.1, -0.05) is 6.07 Å². The Bertz CT molecular complexity index is 1320. The third kappa shape index (κ3) is 2.41. The van der Waals surface area contributed by atoms with Crippen molar-refractivity contribution in [2.45, 2.75) is 32.7 Å². The first-order valence-electron chi connectivity index (χ1n) is 9.32. The van der Waals surface area contributed by atoms with Gasteiger partial charge in [-0.2, -0.15) is 0 Å². The smallest absolute Gasteiger partial charge is 0.266 e. The number of anilines is 1. The van der Waals surface area contributed by atoms with Gasteiger partial charge < -0.3 is 10.3 Å². The Morgan fingerprint density at radius 3 is 2.57 bits per heavy atom. The van der Waals surface area contributed by atoms with Gasteiger partial charge in [0, 0.05) is 17.1 Å².